The molecule has 0 saturated heterocycles. The van der Waals surface area contributed by atoms with E-state index >= 15 is 0 Å². The van der Waals surface area contributed by atoms with Gasteiger partial charge in [0.2, 0.25) is 11.6 Å². The molecule has 0 amide bonds. The van der Waals surface area contributed by atoms with E-state index in [0.29, 0.717) is 10.5 Å². The van der Waals surface area contributed by atoms with Crippen LogP contribution in [0.25, 0.3) is 0 Å². The molecule has 22 heavy (non-hydrogen) atoms. The molecule has 0 N–H and O–H groups in total. The summed E-state index contributed by atoms with van der Waals surface area (Å²) < 4.78 is 29.5. The minimum Gasteiger partial charge on any atom is -0.288 e. The quantitative estimate of drug-likeness (QED) is 0.635. The van der Waals surface area contributed by atoms with Crippen LogP contribution in [-0.2, 0) is 0 Å². The van der Waals surface area contributed by atoms with Crippen LogP contribution in [0.1, 0.15) is 20.7 Å². The van der Waals surface area contributed by atoms with Crippen LogP contribution in [0.15, 0.2) is 68.1 Å². The van der Waals surface area contributed by atoms with Crippen molar-refractivity contribution in [1.29, 1.82) is 0 Å². The van der Waals surface area contributed by atoms with Crippen molar-refractivity contribution >= 4 is 34.1 Å². The van der Waals surface area contributed by atoms with E-state index in [0.717, 1.165) is 11.8 Å². The van der Waals surface area contributed by atoms with Crippen molar-refractivity contribution in [2.24, 2.45) is 0 Å². The minimum atomic E-state index is -4.44. The third-order valence-corrected chi connectivity index (χ3v) is 6.74. The predicted octanol–water partition coefficient (Wildman–Crippen LogP) is 5.02. The van der Waals surface area contributed by atoms with E-state index in [-0.39, 0.29) is 15.4 Å². The Morgan fingerprint density at radius 2 is 1.45 bits per heavy atom. The number of hydrogen-bond donors (Lipinski definition) is 0. The molecular weight excluding hydrogens is 326 g/mol. The second-order valence-electron chi connectivity index (χ2n) is 4.88. The lowest BCUT2D eigenvalue weighted by Crippen LogP contribution is -2.04. The summed E-state index contributed by atoms with van der Waals surface area (Å²) in [6.07, 6.45) is 0. The lowest BCUT2D eigenvalue weighted by atomic mass is 10.1. The Hall–Kier alpha value is -1.92. The van der Waals surface area contributed by atoms with Crippen molar-refractivity contribution in [3.8, 4) is 0 Å². The van der Waals surface area contributed by atoms with Gasteiger partial charge in [-0.15, -0.1) is 7.77 Å². The standard InChI is InChI=1S/C16H8F2O2S2/c17-22(18)12-8-4-2-6-10(12)14(20)16(22)15-13(19)9-5-1-3-7-11(9)21-15/h1-8H/b16-15-. The molecule has 0 radical (unpaired) electrons. The molecule has 0 unspecified atom stereocenters. The highest BCUT2D eigenvalue weighted by Crippen LogP contribution is 2.72. The predicted molar refractivity (Wildman–Crippen MR) is 82.5 cm³/mol. The Bertz CT molecular complexity index is 887. The fraction of sp³-hybridized carbons (Fsp3) is 0. The van der Waals surface area contributed by atoms with Gasteiger partial charge >= 0.3 is 0 Å². The number of benzene rings is 2. The smallest absolute Gasteiger partial charge is 0.205 e. The maximum atomic E-state index is 14.7. The van der Waals surface area contributed by atoms with Gasteiger partial charge in [0, 0.05) is 16.0 Å². The molecule has 0 aliphatic carbocycles. The van der Waals surface area contributed by atoms with Crippen molar-refractivity contribution < 1.29 is 17.4 Å². The highest BCUT2D eigenvalue weighted by Gasteiger charge is 2.49. The fourth-order valence-electron chi connectivity index (χ4n) is 2.62. The molecule has 2 aliphatic rings. The van der Waals surface area contributed by atoms with Gasteiger partial charge in [-0.3, -0.25) is 9.59 Å². The molecule has 2 aromatic rings. The zero-order valence-electron chi connectivity index (χ0n) is 11.0. The van der Waals surface area contributed by atoms with E-state index in [1.165, 1.54) is 18.2 Å². The largest absolute Gasteiger partial charge is 0.288 e. The number of Topliss-reactive ketones (excluding diaryl/α,β-unsaturated/α-hetero) is 2. The van der Waals surface area contributed by atoms with Crippen LogP contribution in [0.4, 0.5) is 7.77 Å². The summed E-state index contributed by atoms with van der Waals surface area (Å²) in [5.74, 6) is -1.21. The Morgan fingerprint density at radius 3 is 2.14 bits per heavy atom. The molecular formula is C16H8F2O2S2. The first-order valence-corrected chi connectivity index (χ1v) is 8.69. The first-order chi connectivity index (χ1) is 10.5. The van der Waals surface area contributed by atoms with Gasteiger partial charge in [-0.05, 0) is 24.3 Å². The molecule has 2 aliphatic heterocycles. The molecule has 0 fully saturated rings. The average molecular weight is 334 g/mol. The van der Waals surface area contributed by atoms with Crippen LogP contribution in [0.3, 0.4) is 0 Å². The van der Waals surface area contributed by atoms with Gasteiger partial charge in [-0.1, -0.05) is 36.0 Å². The summed E-state index contributed by atoms with van der Waals surface area (Å²) in [5.41, 5.74) is 0.392. The second-order valence-corrected chi connectivity index (χ2v) is 7.72. The van der Waals surface area contributed by atoms with Crippen molar-refractivity contribution in [3.05, 3.63) is 69.5 Å². The van der Waals surface area contributed by atoms with Gasteiger partial charge in [-0.2, -0.15) is 0 Å². The second kappa shape index (κ2) is 4.54. The summed E-state index contributed by atoms with van der Waals surface area (Å²) in [4.78, 5) is 24.5. The van der Waals surface area contributed by atoms with Crippen LogP contribution in [0, 0.1) is 0 Å². The van der Waals surface area contributed by atoms with Gasteiger partial charge in [0.25, 0.3) is 0 Å². The van der Waals surface area contributed by atoms with Crippen LogP contribution in [0.5, 0.6) is 0 Å². The van der Waals surface area contributed by atoms with Gasteiger partial charge < -0.3 is 0 Å². The molecule has 0 atom stereocenters. The number of thioether (sulfide) groups is 1. The average Bonchev–Trinajstić information content (AvgIpc) is 2.94. The summed E-state index contributed by atoms with van der Waals surface area (Å²) >= 11 is 0.968. The van der Waals surface area contributed by atoms with Gasteiger partial charge in [-0.25, -0.2) is 0 Å². The number of fused-ring (bicyclic) bond motifs is 2. The van der Waals surface area contributed by atoms with Gasteiger partial charge in [0.05, 0.1) is 9.80 Å². The summed E-state index contributed by atoms with van der Waals surface area (Å²) in [5, 5.41) is 0. The monoisotopic (exact) mass is 334 g/mol. The lowest BCUT2D eigenvalue weighted by molar-refractivity contribution is 0.101. The van der Waals surface area contributed by atoms with E-state index in [2.05, 4.69) is 0 Å². The molecule has 4 rings (SSSR count). The Balaban J connectivity index is 1.96. The lowest BCUT2D eigenvalue weighted by Gasteiger charge is -2.17. The third-order valence-electron chi connectivity index (χ3n) is 3.63. The van der Waals surface area contributed by atoms with E-state index in [1.54, 1.807) is 30.3 Å². The Labute approximate surface area is 131 Å². The SMILES string of the molecule is O=C1/C(=C2\C(=O)c3ccccc3S2(F)F)Sc2ccccc21. The van der Waals surface area contributed by atoms with E-state index in [4.69, 9.17) is 0 Å². The number of carbonyl (C=O) groups is 2. The van der Waals surface area contributed by atoms with Crippen molar-refractivity contribution in [2.45, 2.75) is 9.79 Å². The summed E-state index contributed by atoms with van der Waals surface area (Å²) in [7, 11) is -4.44. The van der Waals surface area contributed by atoms with Crippen molar-refractivity contribution in [2.75, 3.05) is 0 Å². The van der Waals surface area contributed by atoms with E-state index in [9.17, 15) is 17.4 Å². The molecule has 0 saturated carbocycles. The van der Waals surface area contributed by atoms with E-state index < -0.39 is 27.3 Å². The molecule has 6 heteroatoms. The summed E-state index contributed by atoms with van der Waals surface area (Å²) in [6.45, 7) is 0. The maximum absolute atomic E-state index is 14.7. The normalized spacial score (nSPS) is 23.4. The third kappa shape index (κ3) is 1.68. The number of hydrogen-bond acceptors (Lipinski definition) is 3. The number of ketones is 2. The first kappa shape index (κ1) is 13.7. The minimum absolute atomic E-state index is 0.00866. The summed E-state index contributed by atoms with van der Waals surface area (Å²) in [6, 6.07) is 12.4. The molecule has 110 valence electrons. The van der Waals surface area contributed by atoms with Crippen molar-refractivity contribution in [1.82, 2.24) is 0 Å². The van der Waals surface area contributed by atoms with Crippen LogP contribution in [-0.4, -0.2) is 11.6 Å². The zero-order valence-corrected chi connectivity index (χ0v) is 12.6. The fourth-order valence-corrected chi connectivity index (χ4v) is 5.66. The van der Waals surface area contributed by atoms with Gasteiger partial charge in [0.15, 0.2) is 0 Å². The topological polar surface area (TPSA) is 34.1 Å². The van der Waals surface area contributed by atoms with E-state index in [1.807, 2.05) is 0 Å². The number of allylic oxidation sites excluding steroid dienone is 2. The molecule has 2 aromatic carbocycles. The number of halogens is 2. The highest BCUT2D eigenvalue weighted by atomic mass is 32.3. The first-order valence-electron chi connectivity index (χ1n) is 6.44. The van der Waals surface area contributed by atoms with Crippen molar-refractivity contribution in [3.63, 3.8) is 0 Å². The molecule has 2 heterocycles. The Morgan fingerprint density at radius 1 is 0.818 bits per heavy atom. The molecule has 0 bridgehead atoms. The van der Waals surface area contributed by atoms with Crippen LogP contribution >= 0.6 is 22.6 Å². The zero-order chi connectivity index (χ0) is 15.5. The molecule has 0 spiro atoms. The maximum Gasteiger partial charge on any atom is 0.205 e. The molecule has 0 aromatic heterocycles. The Kier molecular flexibility index (Phi) is 2.83. The van der Waals surface area contributed by atoms with Crippen LogP contribution < -0.4 is 0 Å². The van der Waals surface area contributed by atoms with Crippen LogP contribution in [0.2, 0.25) is 0 Å². The number of rotatable bonds is 0. The highest BCUT2D eigenvalue weighted by molar-refractivity contribution is 8.30. The molecule has 2 nitrogen and oxygen atoms in total. The number of carbonyl (C=O) groups excluding carboxylic acids is 2. The van der Waals surface area contributed by atoms with Gasteiger partial charge in [0.1, 0.15) is 15.7 Å².